The third-order valence-electron chi connectivity index (χ3n) is 2.06. The Kier molecular flexibility index (Phi) is 2.96. The van der Waals surface area contributed by atoms with E-state index in [9.17, 15) is 4.79 Å². The van der Waals surface area contributed by atoms with Crippen molar-refractivity contribution in [2.24, 2.45) is 0 Å². The van der Waals surface area contributed by atoms with Crippen molar-refractivity contribution >= 4 is 23.3 Å². The Balaban J connectivity index is 3.40. The van der Waals surface area contributed by atoms with Crippen molar-refractivity contribution in [3.05, 3.63) is 22.0 Å². The molecule has 76 valence electrons. The van der Waals surface area contributed by atoms with Crippen LogP contribution in [0.2, 0.25) is 5.15 Å². The van der Waals surface area contributed by atoms with Gasteiger partial charge in [0.1, 0.15) is 5.15 Å². The molecule has 1 rings (SSSR count). The Morgan fingerprint density at radius 3 is 2.50 bits per heavy atom. The number of nitrogen functional groups attached to an aromatic ring is 1. The van der Waals surface area contributed by atoms with Crippen LogP contribution >= 0.6 is 11.6 Å². The number of nitrogens with two attached hydrogens (primary N) is 1. The van der Waals surface area contributed by atoms with Crippen LogP contribution in [0.4, 0.5) is 5.69 Å². The van der Waals surface area contributed by atoms with Crippen molar-refractivity contribution in [3.63, 3.8) is 0 Å². The zero-order chi connectivity index (χ0) is 10.9. The molecule has 0 aromatic carbocycles. The topological polar surface area (TPSA) is 65.2 Å². The molecule has 0 aliphatic carbocycles. The number of hydrogen-bond acceptors (Lipinski definition) is 4. The summed E-state index contributed by atoms with van der Waals surface area (Å²) < 4.78 is 4.55. The molecule has 0 unspecified atom stereocenters. The second-order valence-electron chi connectivity index (χ2n) is 2.91. The lowest BCUT2D eigenvalue weighted by molar-refractivity contribution is 0.0593. The Hall–Kier alpha value is -1.29. The van der Waals surface area contributed by atoms with Crippen LogP contribution in [-0.4, -0.2) is 18.1 Å². The van der Waals surface area contributed by atoms with Crippen LogP contribution in [-0.2, 0) is 4.74 Å². The first-order chi connectivity index (χ1) is 6.49. The molecular weight excluding hydrogens is 204 g/mol. The number of methoxy groups -OCH3 is 1. The molecule has 14 heavy (non-hydrogen) atoms. The third-order valence-corrected chi connectivity index (χ3v) is 2.43. The van der Waals surface area contributed by atoms with E-state index in [-0.39, 0.29) is 10.8 Å². The van der Waals surface area contributed by atoms with Crippen LogP contribution in [0.25, 0.3) is 0 Å². The zero-order valence-corrected chi connectivity index (χ0v) is 8.97. The van der Waals surface area contributed by atoms with Crippen molar-refractivity contribution < 1.29 is 9.53 Å². The first-order valence-corrected chi connectivity index (χ1v) is 4.37. The molecule has 0 fully saturated rings. The zero-order valence-electron chi connectivity index (χ0n) is 8.22. The molecule has 0 atom stereocenters. The Morgan fingerprint density at radius 1 is 1.43 bits per heavy atom. The van der Waals surface area contributed by atoms with E-state index >= 15 is 0 Å². The molecule has 1 aromatic rings. The summed E-state index contributed by atoms with van der Waals surface area (Å²) in [5, 5.41) is 0.230. The molecule has 0 saturated heterocycles. The molecular formula is C9H11ClN2O2. The highest BCUT2D eigenvalue weighted by Crippen LogP contribution is 2.25. The standard InChI is InChI=1S/C9H11ClN2O2/c1-4-6(11)5(2)8(10)12-7(4)9(13)14-3/h1-3H3,(H2,11,12). The maximum Gasteiger partial charge on any atom is 0.357 e. The van der Waals surface area contributed by atoms with E-state index in [0.717, 1.165) is 0 Å². The van der Waals surface area contributed by atoms with Gasteiger partial charge in [0.15, 0.2) is 5.69 Å². The molecule has 0 bridgehead atoms. The highest BCUT2D eigenvalue weighted by molar-refractivity contribution is 6.30. The first-order valence-electron chi connectivity index (χ1n) is 3.99. The van der Waals surface area contributed by atoms with Crippen LogP contribution < -0.4 is 5.73 Å². The van der Waals surface area contributed by atoms with Crippen LogP contribution in [0.1, 0.15) is 21.6 Å². The fourth-order valence-electron chi connectivity index (χ4n) is 1.08. The van der Waals surface area contributed by atoms with Gasteiger partial charge in [0, 0.05) is 16.8 Å². The summed E-state index contributed by atoms with van der Waals surface area (Å²) in [5.41, 5.74) is 7.66. The van der Waals surface area contributed by atoms with Gasteiger partial charge >= 0.3 is 5.97 Å². The molecule has 0 saturated carbocycles. The average molecular weight is 215 g/mol. The van der Waals surface area contributed by atoms with Gasteiger partial charge in [-0.15, -0.1) is 0 Å². The van der Waals surface area contributed by atoms with Gasteiger partial charge in [0.05, 0.1) is 7.11 Å². The van der Waals surface area contributed by atoms with Crippen molar-refractivity contribution in [1.82, 2.24) is 4.98 Å². The lowest BCUT2D eigenvalue weighted by atomic mass is 10.1. The van der Waals surface area contributed by atoms with Crippen molar-refractivity contribution in [2.75, 3.05) is 12.8 Å². The minimum absolute atomic E-state index is 0.167. The molecule has 0 spiro atoms. The van der Waals surface area contributed by atoms with E-state index in [1.165, 1.54) is 7.11 Å². The van der Waals surface area contributed by atoms with Gasteiger partial charge in [-0.3, -0.25) is 0 Å². The second-order valence-corrected chi connectivity index (χ2v) is 3.26. The number of nitrogens with zero attached hydrogens (tertiary/aromatic N) is 1. The normalized spacial score (nSPS) is 10.0. The van der Waals surface area contributed by atoms with Crippen LogP contribution in [0.15, 0.2) is 0 Å². The molecule has 1 heterocycles. The molecule has 0 amide bonds. The Labute approximate surface area is 87.0 Å². The smallest absolute Gasteiger partial charge is 0.357 e. The summed E-state index contributed by atoms with van der Waals surface area (Å²) in [5.74, 6) is -0.531. The summed E-state index contributed by atoms with van der Waals surface area (Å²) in [6, 6.07) is 0. The summed E-state index contributed by atoms with van der Waals surface area (Å²) >= 11 is 5.79. The van der Waals surface area contributed by atoms with Gasteiger partial charge in [-0.05, 0) is 13.8 Å². The number of carbonyl (C=O) groups is 1. The minimum Gasteiger partial charge on any atom is -0.464 e. The van der Waals surface area contributed by atoms with Gasteiger partial charge in [-0.1, -0.05) is 11.6 Å². The van der Waals surface area contributed by atoms with Crippen molar-refractivity contribution in [2.45, 2.75) is 13.8 Å². The lowest BCUT2D eigenvalue weighted by Gasteiger charge is -2.09. The van der Waals surface area contributed by atoms with E-state index in [0.29, 0.717) is 16.8 Å². The monoisotopic (exact) mass is 214 g/mol. The van der Waals surface area contributed by atoms with E-state index < -0.39 is 5.97 Å². The van der Waals surface area contributed by atoms with Crippen LogP contribution in [0.3, 0.4) is 0 Å². The number of esters is 1. The van der Waals surface area contributed by atoms with Gasteiger partial charge < -0.3 is 10.5 Å². The maximum absolute atomic E-state index is 11.3. The number of pyridine rings is 1. The summed E-state index contributed by atoms with van der Waals surface area (Å²) in [4.78, 5) is 15.2. The molecule has 5 heteroatoms. The lowest BCUT2D eigenvalue weighted by Crippen LogP contribution is -2.10. The van der Waals surface area contributed by atoms with Gasteiger partial charge in [-0.2, -0.15) is 0 Å². The number of anilines is 1. The highest BCUT2D eigenvalue weighted by Gasteiger charge is 2.16. The number of ether oxygens (including phenoxy) is 1. The SMILES string of the molecule is COC(=O)c1nc(Cl)c(C)c(N)c1C. The van der Waals surface area contributed by atoms with Crippen molar-refractivity contribution in [3.8, 4) is 0 Å². The fraction of sp³-hybridized carbons (Fsp3) is 0.333. The Bertz CT molecular complexity index is 391. The van der Waals surface area contributed by atoms with Gasteiger partial charge in [0.25, 0.3) is 0 Å². The van der Waals surface area contributed by atoms with E-state index in [1.807, 2.05) is 0 Å². The number of aromatic nitrogens is 1. The van der Waals surface area contributed by atoms with E-state index in [4.69, 9.17) is 17.3 Å². The van der Waals surface area contributed by atoms with Crippen molar-refractivity contribution in [1.29, 1.82) is 0 Å². The van der Waals surface area contributed by atoms with Crippen LogP contribution in [0, 0.1) is 13.8 Å². The number of hydrogen-bond donors (Lipinski definition) is 1. The van der Waals surface area contributed by atoms with E-state index in [1.54, 1.807) is 13.8 Å². The predicted molar refractivity (Wildman–Crippen MR) is 54.5 cm³/mol. The molecule has 2 N–H and O–H groups in total. The molecule has 4 nitrogen and oxygen atoms in total. The molecule has 0 aliphatic heterocycles. The van der Waals surface area contributed by atoms with Gasteiger partial charge in [0.2, 0.25) is 0 Å². The minimum atomic E-state index is -0.531. The second kappa shape index (κ2) is 3.84. The van der Waals surface area contributed by atoms with Gasteiger partial charge in [-0.25, -0.2) is 9.78 Å². The molecule has 1 aromatic heterocycles. The molecule has 0 aliphatic rings. The molecule has 0 radical (unpaired) electrons. The number of halogens is 1. The Morgan fingerprint density at radius 2 is 2.00 bits per heavy atom. The summed E-state index contributed by atoms with van der Waals surface area (Å²) in [6.45, 7) is 3.46. The predicted octanol–water partition coefficient (Wildman–Crippen LogP) is 1.72. The highest BCUT2D eigenvalue weighted by atomic mass is 35.5. The van der Waals surface area contributed by atoms with Crippen LogP contribution in [0.5, 0.6) is 0 Å². The average Bonchev–Trinajstić information content (AvgIpc) is 2.19. The third kappa shape index (κ3) is 1.65. The number of rotatable bonds is 1. The quantitative estimate of drug-likeness (QED) is 0.571. The fourth-order valence-corrected chi connectivity index (χ4v) is 1.27. The largest absolute Gasteiger partial charge is 0.464 e. The first kappa shape index (κ1) is 10.8. The summed E-state index contributed by atoms with van der Waals surface area (Å²) in [7, 11) is 1.29. The van der Waals surface area contributed by atoms with E-state index in [2.05, 4.69) is 9.72 Å². The maximum atomic E-state index is 11.3. The summed E-state index contributed by atoms with van der Waals surface area (Å²) in [6.07, 6.45) is 0. The number of carbonyl (C=O) groups excluding carboxylic acids is 1.